The average molecular weight is 467 g/mol. The molecule has 0 aliphatic rings. The van der Waals surface area contributed by atoms with Gasteiger partial charge in [0.1, 0.15) is 0 Å². The number of benzene rings is 1. The minimum atomic E-state index is -3.62. The average Bonchev–Trinajstić information content (AvgIpc) is 2.65. The number of thioether (sulfide) groups is 1. The Morgan fingerprint density at radius 2 is 1.93 bits per heavy atom. The van der Waals surface area contributed by atoms with Gasteiger partial charge in [0.25, 0.3) is 0 Å². The number of hydrogen-bond acceptors (Lipinski definition) is 6. The number of pyridine rings is 1. The van der Waals surface area contributed by atoms with Gasteiger partial charge in [0, 0.05) is 42.9 Å². The van der Waals surface area contributed by atoms with Gasteiger partial charge in [-0.15, -0.1) is 24.8 Å². The Kier molecular flexibility index (Phi) is 13.1. The van der Waals surface area contributed by atoms with E-state index in [0.717, 1.165) is 11.4 Å². The standard InChI is InChI=1S/C17H22N4O3S2.2ClH/c18-8-10-20-26(23,24)16-6-3-5-14(12-16)21-17(22)7-11-25-13-15-4-1-2-9-19-15;;/h1-6,9,12,20H,7-8,10-11,13,18H2,(H,21,22);2*1H. The predicted octanol–water partition coefficient (Wildman–Crippen LogP) is 2.42. The van der Waals surface area contributed by atoms with Crippen molar-refractivity contribution in [2.45, 2.75) is 17.1 Å². The molecule has 0 aliphatic heterocycles. The summed E-state index contributed by atoms with van der Waals surface area (Å²) in [6.07, 6.45) is 2.08. The summed E-state index contributed by atoms with van der Waals surface area (Å²) in [6.45, 7) is 0.373. The second-order valence-electron chi connectivity index (χ2n) is 5.39. The molecular weight excluding hydrogens is 443 g/mol. The summed E-state index contributed by atoms with van der Waals surface area (Å²) in [4.78, 5) is 16.4. The first-order valence-electron chi connectivity index (χ1n) is 8.08. The fraction of sp³-hybridized carbons (Fsp3) is 0.294. The van der Waals surface area contributed by atoms with Crippen LogP contribution >= 0.6 is 36.6 Å². The molecule has 11 heteroatoms. The molecule has 7 nitrogen and oxygen atoms in total. The smallest absolute Gasteiger partial charge is 0.240 e. The molecular formula is C17H24Cl2N4O3S2. The number of hydrogen-bond donors (Lipinski definition) is 3. The van der Waals surface area contributed by atoms with Gasteiger partial charge in [0.2, 0.25) is 15.9 Å². The Hall–Kier alpha value is -1.36. The molecule has 4 N–H and O–H groups in total. The molecule has 2 rings (SSSR count). The third-order valence-corrected chi connectivity index (χ3v) is 5.77. The van der Waals surface area contributed by atoms with Crippen molar-refractivity contribution in [3.05, 3.63) is 54.4 Å². The lowest BCUT2D eigenvalue weighted by atomic mass is 10.3. The quantitative estimate of drug-likeness (QED) is 0.463. The van der Waals surface area contributed by atoms with E-state index in [-0.39, 0.29) is 48.7 Å². The van der Waals surface area contributed by atoms with E-state index in [1.165, 1.54) is 12.1 Å². The number of rotatable bonds is 10. The molecule has 0 saturated heterocycles. The summed E-state index contributed by atoms with van der Waals surface area (Å²) in [7, 11) is -3.62. The van der Waals surface area contributed by atoms with E-state index < -0.39 is 10.0 Å². The van der Waals surface area contributed by atoms with Gasteiger partial charge in [0.05, 0.1) is 10.6 Å². The highest BCUT2D eigenvalue weighted by Crippen LogP contribution is 2.16. The van der Waals surface area contributed by atoms with Crippen LogP contribution < -0.4 is 15.8 Å². The molecule has 0 saturated carbocycles. The molecule has 0 spiro atoms. The van der Waals surface area contributed by atoms with Crippen LogP contribution in [0.2, 0.25) is 0 Å². The Balaban J connectivity index is 0.00000364. The number of sulfonamides is 1. The first kappa shape index (κ1) is 26.6. The highest BCUT2D eigenvalue weighted by atomic mass is 35.5. The molecule has 0 atom stereocenters. The molecule has 0 fully saturated rings. The zero-order valence-corrected chi connectivity index (χ0v) is 18.3. The van der Waals surface area contributed by atoms with Crippen LogP contribution in [0.4, 0.5) is 5.69 Å². The Morgan fingerprint density at radius 3 is 2.61 bits per heavy atom. The van der Waals surface area contributed by atoms with Crippen LogP contribution in [0.5, 0.6) is 0 Å². The second kappa shape index (κ2) is 13.8. The van der Waals surface area contributed by atoms with Crippen molar-refractivity contribution in [3.63, 3.8) is 0 Å². The van der Waals surface area contributed by atoms with Crippen LogP contribution in [-0.4, -0.2) is 38.2 Å². The van der Waals surface area contributed by atoms with E-state index in [4.69, 9.17) is 5.73 Å². The maximum Gasteiger partial charge on any atom is 0.240 e. The van der Waals surface area contributed by atoms with Gasteiger partial charge in [-0.25, -0.2) is 13.1 Å². The van der Waals surface area contributed by atoms with E-state index in [9.17, 15) is 13.2 Å². The first-order chi connectivity index (χ1) is 12.5. The molecule has 28 heavy (non-hydrogen) atoms. The number of nitrogens with zero attached hydrogens (tertiary/aromatic N) is 1. The number of nitrogens with one attached hydrogen (secondary N) is 2. The number of halogens is 2. The molecule has 0 bridgehead atoms. The maximum absolute atomic E-state index is 12.1. The summed E-state index contributed by atoms with van der Waals surface area (Å²) in [5.41, 5.74) is 6.73. The number of carbonyl (C=O) groups is 1. The highest BCUT2D eigenvalue weighted by molar-refractivity contribution is 7.98. The van der Waals surface area contributed by atoms with Crippen LogP contribution in [0.3, 0.4) is 0 Å². The molecule has 156 valence electrons. The van der Waals surface area contributed by atoms with Crippen molar-refractivity contribution in [3.8, 4) is 0 Å². The van der Waals surface area contributed by atoms with Gasteiger partial charge < -0.3 is 11.1 Å². The van der Waals surface area contributed by atoms with Crippen LogP contribution in [0.15, 0.2) is 53.6 Å². The summed E-state index contributed by atoms with van der Waals surface area (Å²) < 4.78 is 26.6. The number of nitrogens with two attached hydrogens (primary N) is 1. The minimum Gasteiger partial charge on any atom is -0.329 e. The number of anilines is 1. The fourth-order valence-electron chi connectivity index (χ4n) is 2.07. The van der Waals surface area contributed by atoms with Crippen LogP contribution in [0.25, 0.3) is 0 Å². The summed E-state index contributed by atoms with van der Waals surface area (Å²) in [6, 6.07) is 11.9. The van der Waals surface area contributed by atoms with Gasteiger partial charge in [-0.3, -0.25) is 9.78 Å². The normalized spacial score (nSPS) is 10.5. The lowest BCUT2D eigenvalue weighted by Crippen LogP contribution is -2.29. The van der Waals surface area contributed by atoms with Crippen LogP contribution in [0, 0.1) is 0 Å². The van der Waals surface area contributed by atoms with Crippen LogP contribution in [0.1, 0.15) is 12.1 Å². The van der Waals surface area contributed by atoms with Gasteiger partial charge >= 0.3 is 0 Å². The summed E-state index contributed by atoms with van der Waals surface area (Å²) in [5.74, 6) is 1.23. The molecule has 0 unspecified atom stereocenters. The fourth-order valence-corrected chi connectivity index (χ4v) is 4.01. The first-order valence-corrected chi connectivity index (χ1v) is 10.7. The molecule has 0 radical (unpaired) electrons. The van der Waals surface area contributed by atoms with Gasteiger partial charge in [-0.2, -0.15) is 11.8 Å². The zero-order chi connectivity index (χ0) is 18.8. The molecule has 1 aromatic carbocycles. The second-order valence-corrected chi connectivity index (χ2v) is 8.26. The van der Waals surface area contributed by atoms with Gasteiger partial charge in [-0.1, -0.05) is 12.1 Å². The number of carbonyl (C=O) groups excluding carboxylic acids is 1. The molecule has 2 aromatic rings. The van der Waals surface area contributed by atoms with Crippen molar-refractivity contribution in [2.75, 3.05) is 24.2 Å². The zero-order valence-electron chi connectivity index (χ0n) is 15.0. The topological polar surface area (TPSA) is 114 Å². The van der Waals surface area contributed by atoms with Crippen LogP contribution in [-0.2, 0) is 20.6 Å². The molecule has 1 aromatic heterocycles. The molecule has 0 aliphatic carbocycles. The minimum absolute atomic E-state index is 0. The van der Waals surface area contributed by atoms with Crippen molar-refractivity contribution in [1.29, 1.82) is 0 Å². The highest BCUT2D eigenvalue weighted by Gasteiger charge is 2.14. The van der Waals surface area contributed by atoms with E-state index in [0.29, 0.717) is 17.9 Å². The summed E-state index contributed by atoms with van der Waals surface area (Å²) >= 11 is 1.62. The molecule has 1 heterocycles. The van der Waals surface area contributed by atoms with Crippen molar-refractivity contribution in [2.24, 2.45) is 5.73 Å². The third-order valence-electron chi connectivity index (χ3n) is 3.31. The Labute approximate surface area is 182 Å². The monoisotopic (exact) mass is 466 g/mol. The van der Waals surface area contributed by atoms with Crippen molar-refractivity contribution < 1.29 is 13.2 Å². The third kappa shape index (κ3) is 9.22. The van der Waals surface area contributed by atoms with E-state index in [2.05, 4.69) is 15.0 Å². The maximum atomic E-state index is 12.1. The van der Waals surface area contributed by atoms with E-state index in [1.807, 2.05) is 18.2 Å². The molecule has 1 amide bonds. The van der Waals surface area contributed by atoms with Gasteiger partial charge in [-0.05, 0) is 30.3 Å². The van der Waals surface area contributed by atoms with E-state index in [1.54, 1.807) is 30.1 Å². The lowest BCUT2D eigenvalue weighted by Gasteiger charge is -2.09. The number of aromatic nitrogens is 1. The predicted molar refractivity (Wildman–Crippen MR) is 119 cm³/mol. The number of amides is 1. The van der Waals surface area contributed by atoms with Crippen molar-refractivity contribution >= 4 is 58.2 Å². The Morgan fingerprint density at radius 1 is 1.14 bits per heavy atom. The largest absolute Gasteiger partial charge is 0.329 e. The summed E-state index contributed by atoms with van der Waals surface area (Å²) in [5, 5.41) is 2.72. The van der Waals surface area contributed by atoms with Gasteiger partial charge in [0.15, 0.2) is 0 Å². The van der Waals surface area contributed by atoms with E-state index >= 15 is 0 Å². The van der Waals surface area contributed by atoms with Crippen molar-refractivity contribution in [1.82, 2.24) is 9.71 Å². The SMILES string of the molecule is Cl.Cl.NCCNS(=O)(=O)c1cccc(NC(=O)CCSCc2ccccn2)c1. The Bertz CT molecular complexity index is 824. The lowest BCUT2D eigenvalue weighted by molar-refractivity contribution is -0.115.